The van der Waals surface area contributed by atoms with Crippen molar-refractivity contribution < 1.29 is 9.59 Å². The van der Waals surface area contributed by atoms with Crippen LogP contribution in [0.4, 0.5) is 0 Å². The minimum Gasteiger partial charge on any atom is -0.342 e. The maximum atomic E-state index is 12.9. The van der Waals surface area contributed by atoms with E-state index in [0.29, 0.717) is 5.02 Å². The molecule has 1 heterocycles. The highest BCUT2D eigenvalue weighted by Crippen LogP contribution is 2.22. The molecule has 1 aromatic heterocycles. The van der Waals surface area contributed by atoms with Gasteiger partial charge in [-0.25, -0.2) is 5.43 Å². The number of amides is 2. The number of aryl methyl sites for hydroxylation is 1. The summed E-state index contributed by atoms with van der Waals surface area (Å²) in [6, 6.07) is 20.3. The lowest BCUT2D eigenvalue weighted by Crippen LogP contribution is -2.48. The van der Waals surface area contributed by atoms with Gasteiger partial charge in [0.1, 0.15) is 6.04 Å². The largest absolute Gasteiger partial charge is 0.342 e. The van der Waals surface area contributed by atoms with Gasteiger partial charge in [0.15, 0.2) is 0 Å². The number of benzene rings is 3. The Morgan fingerprint density at radius 1 is 1.03 bits per heavy atom. The van der Waals surface area contributed by atoms with Crippen LogP contribution in [0.15, 0.2) is 78.0 Å². The Hall–Kier alpha value is -3.61. The number of rotatable bonds is 8. The second-order valence-corrected chi connectivity index (χ2v) is 10.1. The van der Waals surface area contributed by atoms with Crippen molar-refractivity contribution in [3.63, 3.8) is 0 Å². The molecule has 4 rings (SSSR count). The molecule has 0 aliphatic rings. The van der Waals surface area contributed by atoms with Crippen LogP contribution in [0.5, 0.6) is 0 Å². The van der Waals surface area contributed by atoms with Crippen molar-refractivity contribution in [2.75, 3.05) is 0 Å². The minimum atomic E-state index is -0.806. The number of nitrogens with one attached hydrogen (secondary N) is 2. The molecule has 0 aliphatic heterocycles. The van der Waals surface area contributed by atoms with Crippen molar-refractivity contribution in [1.29, 1.82) is 0 Å². The number of carbonyl (C=O) groups is 2. The van der Waals surface area contributed by atoms with Gasteiger partial charge < -0.3 is 9.88 Å². The van der Waals surface area contributed by atoms with Gasteiger partial charge >= 0.3 is 0 Å². The predicted molar refractivity (Wildman–Crippen MR) is 151 cm³/mol. The molecule has 0 radical (unpaired) electrons. The maximum absolute atomic E-state index is 12.9. The van der Waals surface area contributed by atoms with Crippen LogP contribution in [-0.4, -0.2) is 28.6 Å². The second-order valence-electron chi connectivity index (χ2n) is 9.27. The summed E-state index contributed by atoms with van der Waals surface area (Å²) in [6.45, 7) is 6.47. The first-order valence-corrected chi connectivity index (χ1v) is 12.7. The number of halogens is 2. The van der Waals surface area contributed by atoms with E-state index in [4.69, 9.17) is 23.2 Å². The van der Waals surface area contributed by atoms with Crippen LogP contribution in [0.25, 0.3) is 10.9 Å². The second kappa shape index (κ2) is 11.6. The molecule has 1 unspecified atom stereocenters. The Labute approximate surface area is 226 Å². The normalized spacial score (nSPS) is 12.3. The number of nitrogens with zero attached hydrogens (tertiary/aromatic N) is 2. The molecular formula is C29H28Cl2N4O2. The van der Waals surface area contributed by atoms with Gasteiger partial charge in [0, 0.05) is 34.2 Å². The molecule has 6 nitrogen and oxygen atoms in total. The standard InChI is InChI=1S/C29H28Cl2N4O2/c1-18(2)27(33-28(36)24-13-12-22(30)14-25(24)31)29(37)34-32-15-21-17-35(26-7-5-4-6-23(21)26)16-20-10-8-19(3)9-11-20/h4-15,17-18,27H,16H2,1-3H3,(H,33,36)(H,34,37). The number of aromatic nitrogens is 1. The molecule has 1 atom stereocenters. The summed E-state index contributed by atoms with van der Waals surface area (Å²) in [5.41, 5.74) is 7.18. The summed E-state index contributed by atoms with van der Waals surface area (Å²) in [7, 11) is 0. The Morgan fingerprint density at radius 2 is 1.76 bits per heavy atom. The number of hydrogen-bond donors (Lipinski definition) is 2. The quantitative estimate of drug-likeness (QED) is 0.208. The molecule has 37 heavy (non-hydrogen) atoms. The zero-order chi connectivity index (χ0) is 26.5. The van der Waals surface area contributed by atoms with Crippen LogP contribution >= 0.6 is 23.2 Å². The molecule has 190 valence electrons. The van der Waals surface area contributed by atoms with Crippen LogP contribution in [0.1, 0.15) is 40.9 Å². The lowest BCUT2D eigenvalue weighted by Gasteiger charge is -2.20. The number of fused-ring (bicyclic) bond motifs is 1. The van der Waals surface area contributed by atoms with Gasteiger partial charge in [-0.2, -0.15) is 5.10 Å². The van der Waals surface area contributed by atoms with Crippen LogP contribution in [0, 0.1) is 12.8 Å². The molecule has 0 bridgehead atoms. The molecule has 0 spiro atoms. The number of para-hydroxylation sites is 1. The molecule has 0 saturated carbocycles. The van der Waals surface area contributed by atoms with E-state index < -0.39 is 17.9 Å². The molecule has 0 saturated heterocycles. The average Bonchev–Trinajstić information content (AvgIpc) is 3.20. The lowest BCUT2D eigenvalue weighted by atomic mass is 10.0. The third-order valence-electron chi connectivity index (χ3n) is 6.08. The Kier molecular flexibility index (Phi) is 8.31. The first-order chi connectivity index (χ1) is 17.7. The van der Waals surface area contributed by atoms with E-state index in [1.54, 1.807) is 12.3 Å². The molecule has 0 aliphatic carbocycles. The van der Waals surface area contributed by atoms with Gasteiger partial charge in [0.25, 0.3) is 11.8 Å². The Balaban J connectivity index is 1.48. The summed E-state index contributed by atoms with van der Waals surface area (Å²) < 4.78 is 2.16. The van der Waals surface area contributed by atoms with E-state index in [0.717, 1.165) is 23.0 Å². The number of hydrazone groups is 1. The predicted octanol–water partition coefficient (Wildman–Crippen LogP) is 6.21. The van der Waals surface area contributed by atoms with Crippen molar-refractivity contribution >= 4 is 52.1 Å². The van der Waals surface area contributed by atoms with Crippen molar-refractivity contribution in [3.8, 4) is 0 Å². The van der Waals surface area contributed by atoms with Crippen LogP contribution < -0.4 is 10.7 Å². The molecule has 2 N–H and O–H groups in total. The van der Waals surface area contributed by atoms with E-state index in [1.165, 1.54) is 23.3 Å². The van der Waals surface area contributed by atoms with Gasteiger partial charge in [0.05, 0.1) is 16.8 Å². The maximum Gasteiger partial charge on any atom is 0.262 e. The third kappa shape index (κ3) is 6.40. The van der Waals surface area contributed by atoms with E-state index >= 15 is 0 Å². The van der Waals surface area contributed by atoms with E-state index in [2.05, 4.69) is 57.7 Å². The van der Waals surface area contributed by atoms with E-state index in [9.17, 15) is 9.59 Å². The fourth-order valence-corrected chi connectivity index (χ4v) is 4.56. The smallest absolute Gasteiger partial charge is 0.262 e. The van der Waals surface area contributed by atoms with Gasteiger partial charge in [-0.15, -0.1) is 0 Å². The topological polar surface area (TPSA) is 75.5 Å². The van der Waals surface area contributed by atoms with Crippen molar-refractivity contribution in [1.82, 2.24) is 15.3 Å². The zero-order valence-corrected chi connectivity index (χ0v) is 22.3. The summed E-state index contributed by atoms with van der Waals surface area (Å²) in [5.74, 6) is -1.06. The molecule has 8 heteroatoms. The van der Waals surface area contributed by atoms with Crippen molar-refractivity contribution in [2.24, 2.45) is 11.0 Å². The van der Waals surface area contributed by atoms with Gasteiger partial charge in [-0.1, -0.05) is 85.1 Å². The van der Waals surface area contributed by atoms with E-state index in [1.807, 2.05) is 38.2 Å². The zero-order valence-electron chi connectivity index (χ0n) is 20.8. The molecule has 4 aromatic rings. The average molecular weight is 535 g/mol. The van der Waals surface area contributed by atoms with E-state index in [-0.39, 0.29) is 16.5 Å². The van der Waals surface area contributed by atoms with Gasteiger partial charge in [0.2, 0.25) is 0 Å². The molecule has 2 amide bonds. The SMILES string of the molecule is Cc1ccc(Cn2cc(C=NNC(=O)C(NC(=O)c3ccc(Cl)cc3Cl)C(C)C)c3ccccc32)cc1. The Bertz CT molecular complexity index is 1460. The van der Waals surface area contributed by atoms with Crippen LogP contribution in [0.2, 0.25) is 10.0 Å². The van der Waals surface area contributed by atoms with Crippen LogP contribution in [-0.2, 0) is 11.3 Å². The fraction of sp³-hybridized carbons (Fsp3) is 0.207. The number of hydrogen-bond acceptors (Lipinski definition) is 3. The van der Waals surface area contributed by atoms with Crippen LogP contribution in [0.3, 0.4) is 0 Å². The first kappa shape index (κ1) is 26.5. The molecule has 3 aromatic carbocycles. The molecular weight excluding hydrogens is 507 g/mol. The third-order valence-corrected chi connectivity index (χ3v) is 6.63. The van der Waals surface area contributed by atoms with Crippen molar-refractivity contribution in [3.05, 3.63) is 105 Å². The number of carbonyl (C=O) groups excluding carboxylic acids is 2. The first-order valence-electron chi connectivity index (χ1n) is 11.9. The summed E-state index contributed by atoms with van der Waals surface area (Å²) in [6.07, 6.45) is 3.64. The fourth-order valence-electron chi connectivity index (χ4n) is 4.06. The Morgan fingerprint density at radius 3 is 2.46 bits per heavy atom. The summed E-state index contributed by atoms with van der Waals surface area (Å²) >= 11 is 12.1. The highest BCUT2D eigenvalue weighted by Gasteiger charge is 2.25. The highest BCUT2D eigenvalue weighted by atomic mass is 35.5. The summed E-state index contributed by atoms with van der Waals surface area (Å²) in [5, 5.41) is 8.62. The van der Waals surface area contributed by atoms with Gasteiger partial charge in [-0.05, 0) is 42.7 Å². The molecule has 0 fully saturated rings. The minimum absolute atomic E-state index is 0.179. The van der Waals surface area contributed by atoms with Gasteiger partial charge in [-0.3, -0.25) is 9.59 Å². The monoisotopic (exact) mass is 534 g/mol. The summed E-state index contributed by atoms with van der Waals surface area (Å²) in [4.78, 5) is 25.7. The highest BCUT2D eigenvalue weighted by molar-refractivity contribution is 6.36. The lowest BCUT2D eigenvalue weighted by molar-refractivity contribution is -0.123. The van der Waals surface area contributed by atoms with Crippen molar-refractivity contribution in [2.45, 2.75) is 33.4 Å².